The van der Waals surface area contributed by atoms with Gasteiger partial charge in [-0.1, -0.05) is 24.2 Å². The smallest absolute Gasteiger partial charge is 0.186 e. The van der Waals surface area contributed by atoms with E-state index in [1.165, 1.54) is 25.7 Å². The maximum absolute atomic E-state index is 10.0. The summed E-state index contributed by atoms with van der Waals surface area (Å²) in [5.41, 5.74) is 1.16. The SMILES string of the molecule is CCN(c1nc2c(s1)C(O)CCC2)C1CCCC1. The van der Waals surface area contributed by atoms with Crippen LogP contribution in [0.15, 0.2) is 0 Å². The molecule has 3 nitrogen and oxygen atoms in total. The second-order valence-electron chi connectivity index (χ2n) is 5.44. The highest BCUT2D eigenvalue weighted by Gasteiger charge is 2.28. The standard InChI is InChI=1S/C14H22N2OS/c1-2-16(10-6-3-4-7-10)14-15-11-8-5-9-12(17)13(11)18-14/h10,12,17H,2-9H2,1H3. The zero-order valence-electron chi connectivity index (χ0n) is 11.1. The number of hydrogen-bond donors (Lipinski definition) is 1. The molecule has 1 unspecified atom stereocenters. The quantitative estimate of drug-likeness (QED) is 0.912. The Morgan fingerprint density at radius 3 is 2.72 bits per heavy atom. The van der Waals surface area contributed by atoms with E-state index >= 15 is 0 Å². The number of nitrogens with zero attached hydrogens (tertiary/aromatic N) is 2. The number of aliphatic hydroxyl groups is 1. The number of aryl methyl sites for hydroxylation is 1. The molecule has 1 atom stereocenters. The largest absolute Gasteiger partial charge is 0.388 e. The van der Waals surface area contributed by atoms with Gasteiger partial charge in [-0.3, -0.25) is 0 Å². The topological polar surface area (TPSA) is 36.4 Å². The minimum atomic E-state index is -0.262. The van der Waals surface area contributed by atoms with E-state index in [0.717, 1.165) is 41.5 Å². The molecule has 1 aromatic heterocycles. The summed E-state index contributed by atoms with van der Waals surface area (Å²) in [7, 11) is 0. The van der Waals surface area contributed by atoms with Crippen LogP contribution in [-0.4, -0.2) is 22.7 Å². The Kier molecular flexibility index (Phi) is 3.57. The summed E-state index contributed by atoms with van der Waals surface area (Å²) in [5.74, 6) is 0. The Morgan fingerprint density at radius 2 is 2.06 bits per heavy atom. The van der Waals surface area contributed by atoms with Crippen molar-refractivity contribution >= 4 is 16.5 Å². The highest BCUT2D eigenvalue weighted by atomic mass is 32.1. The first-order valence-electron chi connectivity index (χ1n) is 7.24. The van der Waals surface area contributed by atoms with Gasteiger partial charge in [0.1, 0.15) is 0 Å². The van der Waals surface area contributed by atoms with E-state index < -0.39 is 0 Å². The first-order valence-corrected chi connectivity index (χ1v) is 8.05. The van der Waals surface area contributed by atoms with Gasteiger partial charge in [0.25, 0.3) is 0 Å². The van der Waals surface area contributed by atoms with Crippen LogP contribution in [0.3, 0.4) is 0 Å². The molecule has 1 N–H and O–H groups in total. The zero-order valence-corrected chi connectivity index (χ0v) is 11.9. The summed E-state index contributed by atoms with van der Waals surface area (Å²) in [4.78, 5) is 8.39. The normalized spacial score (nSPS) is 24.2. The van der Waals surface area contributed by atoms with Crippen LogP contribution < -0.4 is 4.90 Å². The number of aliphatic hydroxyl groups excluding tert-OH is 1. The minimum Gasteiger partial charge on any atom is -0.388 e. The first kappa shape index (κ1) is 12.4. The van der Waals surface area contributed by atoms with Crippen molar-refractivity contribution in [2.75, 3.05) is 11.4 Å². The number of rotatable bonds is 3. The van der Waals surface area contributed by atoms with E-state index in [4.69, 9.17) is 4.98 Å². The van der Waals surface area contributed by atoms with Crippen LogP contribution in [0.2, 0.25) is 0 Å². The predicted molar refractivity (Wildman–Crippen MR) is 75.3 cm³/mol. The molecule has 2 aliphatic carbocycles. The van der Waals surface area contributed by atoms with Crippen LogP contribution >= 0.6 is 11.3 Å². The summed E-state index contributed by atoms with van der Waals surface area (Å²) >= 11 is 1.73. The van der Waals surface area contributed by atoms with Crippen LogP contribution in [0.4, 0.5) is 5.13 Å². The fraction of sp³-hybridized carbons (Fsp3) is 0.786. The number of anilines is 1. The Morgan fingerprint density at radius 1 is 1.28 bits per heavy atom. The monoisotopic (exact) mass is 266 g/mol. The van der Waals surface area contributed by atoms with Crippen molar-refractivity contribution in [1.29, 1.82) is 0 Å². The molecule has 1 fully saturated rings. The van der Waals surface area contributed by atoms with Crippen molar-refractivity contribution in [3.63, 3.8) is 0 Å². The van der Waals surface area contributed by atoms with Gasteiger partial charge in [-0.05, 0) is 39.0 Å². The number of thiazole rings is 1. The lowest BCUT2D eigenvalue weighted by molar-refractivity contribution is 0.160. The average Bonchev–Trinajstić information content (AvgIpc) is 3.00. The van der Waals surface area contributed by atoms with Gasteiger partial charge in [-0.15, -0.1) is 0 Å². The Bertz CT molecular complexity index is 412. The van der Waals surface area contributed by atoms with Crippen LogP contribution in [0.25, 0.3) is 0 Å². The van der Waals surface area contributed by atoms with Gasteiger partial charge in [0.15, 0.2) is 5.13 Å². The van der Waals surface area contributed by atoms with E-state index in [1.54, 1.807) is 11.3 Å². The minimum absolute atomic E-state index is 0.262. The van der Waals surface area contributed by atoms with Crippen LogP contribution in [0.5, 0.6) is 0 Å². The molecular formula is C14H22N2OS. The lowest BCUT2D eigenvalue weighted by atomic mass is 10.0. The third-order valence-corrected chi connectivity index (χ3v) is 5.50. The van der Waals surface area contributed by atoms with Crippen LogP contribution in [-0.2, 0) is 6.42 Å². The van der Waals surface area contributed by atoms with Gasteiger partial charge < -0.3 is 10.0 Å². The first-order chi connectivity index (χ1) is 8.79. The molecule has 1 aromatic rings. The Balaban J connectivity index is 1.86. The molecule has 3 rings (SSSR count). The molecule has 0 radical (unpaired) electrons. The molecule has 2 aliphatic rings. The fourth-order valence-electron chi connectivity index (χ4n) is 3.27. The van der Waals surface area contributed by atoms with E-state index in [9.17, 15) is 5.11 Å². The zero-order chi connectivity index (χ0) is 12.5. The molecule has 1 heterocycles. The molecule has 100 valence electrons. The second kappa shape index (κ2) is 5.17. The number of aromatic nitrogens is 1. The highest BCUT2D eigenvalue weighted by Crippen LogP contribution is 2.39. The maximum Gasteiger partial charge on any atom is 0.186 e. The van der Waals surface area contributed by atoms with Gasteiger partial charge in [0.2, 0.25) is 0 Å². The van der Waals surface area contributed by atoms with Crippen LogP contribution in [0.1, 0.15) is 62.1 Å². The number of fused-ring (bicyclic) bond motifs is 1. The summed E-state index contributed by atoms with van der Waals surface area (Å²) in [5, 5.41) is 11.2. The highest BCUT2D eigenvalue weighted by molar-refractivity contribution is 7.15. The Labute approximate surface area is 113 Å². The molecule has 0 aliphatic heterocycles. The van der Waals surface area contributed by atoms with E-state index in [-0.39, 0.29) is 6.10 Å². The summed E-state index contributed by atoms with van der Waals surface area (Å²) in [6.45, 7) is 3.25. The Hall–Kier alpha value is -0.610. The molecule has 0 saturated heterocycles. The van der Waals surface area contributed by atoms with E-state index in [2.05, 4.69) is 11.8 Å². The average molecular weight is 266 g/mol. The molecule has 18 heavy (non-hydrogen) atoms. The van der Waals surface area contributed by atoms with Gasteiger partial charge in [-0.2, -0.15) is 0 Å². The van der Waals surface area contributed by atoms with Gasteiger partial charge in [0, 0.05) is 12.6 Å². The molecule has 0 amide bonds. The second-order valence-corrected chi connectivity index (χ2v) is 6.45. The van der Waals surface area contributed by atoms with Crippen molar-refractivity contribution in [1.82, 2.24) is 4.98 Å². The third-order valence-electron chi connectivity index (χ3n) is 4.26. The molecule has 1 saturated carbocycles. The molecule has 0 bridgehead atoms. The van der Waals surface area contributed by atoms with Crippen molar-refractivity contribution in [3.05, 3.63) is 10.6 Å². The van der Waals surface area contributed by atoms with Crippen LogP contribution in [0, 0.1) is 0 Å². The molecule has 0 aromatic carbocycles. The lowest BCUT2D eigenvalue weighted by Crippen LogP contribution is -2.32. The van der Waals surface area contributed by atoms with Crippen molar-refractivity contribution in [2.24, 2.45) is 0 Å². The van der Waals surface area contributed by atoms with Gasteiger partial charge in [0.05, 0.1) is 16.7 Å². The summed E-state index contributed by atoms with van der Waals surface area (Å²) in [6.07, 6.45) is 8.09. The maximum atomic E-state index is 10.0. The van der Waals surface area contributed by atoms with Crippen molar-refractivity contribution in [3.8, 4) is 0 Å². The van der Waals surface area contributed by atoms with Gasteiger partial charge >= 0.3 is 0 Å². The van der Waals surface area contributed by atoms with Gasteiger partial charge in [-0.25, -0.2) is 4.98 Å². The third kappa shape index (κ3) is 2.16. The molecular weight excluding hydrogens is 244 g/mol. The molecule has 4 heteroatoms. The summed E-state index contributed by atoms with van der Waals surface area (Å²) < 4.78 is 0. The summed E-state index contributed by atoms with van der Waals surface area (Å²) in [6, 6.07) is 0.680. The fourth-order valence-corrected chi connectivity index (χ4v) is 4.54. The van der Waals surface area contributed by atoms with Crippen molar-refractivity contribution < 1.29 is 5.11 Å². The van der Waals surface area contributed by atoms with Crippen molar-refractivity contribution in [2.45, 2.75) is 64.0 Å². The predicted octanol–water partition coefficient (Wildman–Crippen LogP) is 3.28. The number of hydrogen-bond acceptors (Lipinski definition) is 4. The van der Waals surface area contributed by atoms with E-state index in [1.807, 2.05) is 0 Å². The lowest BCUT2D eigenvalue weighted by Gasteiger charge is -2.26. The van der Waals surface area contributed by atoms with E-state index in [0.29, 0.717) is 6.04 Å². The molecule has 0 spiro atoms.